The van der Waals surface area contributed by atoms with E-state index in [0.29, 0.717) is 13.1 Å². The largest absolute Gasteiger partial charge is 1.00 e. The zero-order chi connectivity index (χ0) is 22.6. The van der Waals surface area contributed by atoms with Gasteiger partial charge >= 0.3 is 59.1 Å². The summed E-state index contributed by atoms with van der Waals surface area (Å²) in [5, 5.41) is 3.03. The van der Waals surface area contributed by atoms with Crippen LogP contribution in [0, 0.1) is 0 Å². The summed E-state index contributed by atoms with van der Waals surface area (Å²) in [4.78, 5) is 17.0. The minimum atomic E-state index is -3.37. The second-order valence-electron chi connectivity index (χ2n) is 3.59. The van der Waals surface area contributed by atoms with Crippen molar-refractivity contribution in [3.63, 3.8) is 0 Å². The molecule has 5 N–H and O–H groups in total. The van der Waals surface area contributed by atoms with E-state index >= 15 is 0 Å². The molecule has 0 saturated carbocycles. The number of allylic oxidation sites excluding steroid dienone is 5. The average Bonchev–Trinajstić information content (AvgIpc) is 2.51. The Morgan fingerprint density at radius 2 is 0.821 bits per heavy atom. The average molecular weight is 439 g/mol. The fourth-order valence-corrected chi connectivity index (χ4v) is 0.329. The third-order valence-electron chi connectivity index (χ3n) is 0.642. The molecule has 0 heterocycles. The van der Waals surface area contributed by atoms with E-state index in [1.165, 1.54) is 0 Å². The molecule has 0 aliphatic rings. The molecule has 0 aromatic heterocycles. The van der Waals surface area contributed by atoms with Crippen LogP contribution in [0.2, 0.25) is 0 Å². The van der Waals surface area contributed by atoms with Crippen molar-refractivity contribution in [2.75, 3.05) is 26.2 Å². The van der Waals surface area contributed by atoms with Crippen LogP contribution in [0.5, 0.6) is 0 Å². The Morgan fingerprint density at radius 1 is 0.714 bits per heavy atom. The SMILES string of the molecule is C=CC.C=CC.C=CC.C=CC.C=CC.NCCNCCN.O=[P+]([O-])[O-].[Na+].[Na+]. The van der Waals surface area contributed by atoms with Crippen molar-refractivity contribution in [1.29, 1.82) is 0 Å². The number of nitrogens with one attached hydrogen (secondary N) is 1. The van der Waals surface area contributed by atoms with Gasteiger partial charge in [0.05, 0.1) is 0 Å². The molecule has 0 spiro atoms. The zero-order valence-corrected chi connectivity index (χ0v) is 24.5. The van der Waals surface area contributed by atoms with Crippen LogP contribution < -0.4 is 85.7 Å². The normalized spacial score (nSPS) is 5.61. The van der Waals surface area contributed by atoms with Crippen LogP contribution in [0.4, 0.5) is 0 Å². The van der Waals surface area contributed by atoms with Gasteiger partial charge in [-0.15, -0.1) is 32.9 Å². The van der Waals surface area contributed by atoms with E-state index in [1.54, 1.807) is 30.4 Å². The molecule has 0 amide bonds. The molecule has 9 heteroatoms. The molecule has 0 aliphatic heterocycles. The first kappa shape index (κ1) is 56.7. The van der Waals surface area contributed by atoms with Gasteiger partial charge in [0.1, 0.15) is 0 Å². The van der Waals surface area contributed by atoms with Crippen LogP contribution in [0.15, 0.2) is 63.3 Å². The molecular weight excluding hydrogens is 395 g/mol. The number of rotatable bonds is 4. The predicted molar refractivity (Wildman–Crippen MR) is 118 cm³/mol. The van der Waals surface area contributed by atoms with Crippen LogP contribution in [-0.2, 0) is 4.57 Å². The van der Waals surface area contributed by atoms with Crippen LogP contribution in [0.25, 0.3) is 0 Å². The summed E-state index contributed by atoms with van der Waals surface area (Å²) in [6.45, 7) is 29.4. The van der Waals surface area contributed by atoms with E-state index in [2.05, 4.69) is 38.2 Å². The molecule has 0 unspecified atom stereocenters. The molecule has 0 fully saturated rings. The van der Waals surface area contributed by atoms with Gasteiger partial charge in [0.25, 0.3) is 8.25 Å². The molecule has 0 bridgehead atoms. The Kier molecular flexibility index (Phi) is 214. The van der Waals surface area contributed by atoms with Crippen molar-refractivity contribution in [1.82, 2.24) is 5.32 Å². The summed E-state index contributed by atoms with van der Waals surface area (Å²) >= 11 is 0. The van der Waals surface area contributed by atoms with Crippen molar-refractivity contribution in [2.24, 2.45) is 11.5 Å². The summed E-state index contributed by atoms with van der Waals surface area (Å²) in [5.41, 5.74) is 10.3. The van der Waals surface area contributed by atoms with E-state index < -0.39 is 8.25 Å². The number of hydrogen-bond donors (Lipinski definition) is 3. The van der Waals surface area contributed by atoms with E-state index in [9.17, 15) is 0 Å². The van der Waals surface area contributed by atoms with Gasteiger partial charge < -0.3 is 26.6 Å². The van der Waals surface area contributed by atoms with Gasteiger partial charge in [-0.05, 0) is 34.6 Å². The Bertz CT molecular complexity index is 230. The van der Waals surface area contributed by atoms with E-state index in [1.807, 2.05) is 34.6 Å². The van der Waals surface area contributed by atoms with E-state index in [0.717, 1.165) is 13.1 Å². The monoisotopic (exact) mass is 438 g/mol. The first-order valence-corrected chi connectivity index (χ1v) is 9.09. The molecular formula is C19H43N3Na2O3P+. The topological polar surface area (TPSA) is 127 Å². The number of nitrogens with two attached hydrogens (primary N) is 2. The van der Waals surface area contributed by atoms with Gasteiger partial charge in [0.15, 0.2) is 0 Å². The van der Waals surface area contributed by atoms with Gasteiger partial charge in [-0.25, -0.2) is 0 Å². The molecule has 6 nitrogen and oxygen atoms in total. The van der Waals surface area contributed by atoms with Crippen LogP contribution in [0.3, 0.4) is 0 Å². The maximum atomic E-state index is 8.48. The molecule has 158 valence electrons. The molecule has 0 atom stereocenters. The maximum absolute atomic E-state index is 8.48. The minimum Gasteiger partial charge on any atom is -0.598 e. The number of hydrogen-bond acceptors (Lipinski definition) is 6. The molecule has 28 heavy (non-hydrogen) atoms. The van der Waals surface area contributed by atoms with Crippen molar-refractivity contribution in [2.45, 2.75) is 34.6 Å². The van der Waals surface area contributed by atoms with Crippen LogP contribution >= 0.6 is 8.25 Å². The second kappa shape index (κ2) is 106. The molecule has 0 saturated heterocycles. The summed E-state index contributed by atoms with van der Waals surface area (Å²) < 4.78 is 8.48. The van der Waals surface area contributed by atoms with Crippen molar-refractivity contribution in [3.8, 4) is 0 Å². The molecule has 0 aromatic carbocycles. The fourth-order valence-electron chi connectivity index (χ4n) is 0.329. The molecule has 0 aromatic rings. The first-order chi connectivity index (χ1) is 12.2. The third kappa shape index (κ3) is 824. The Labute approximate surface area is 220 Å². The summed E-state index contributed by atoms with van der Waals surface area (Å²) in [5.74, 6) is 0. The molecule has 0 rings (SSSR count). The van der Waals surface area contributed by atoms with Gasteiger partial charge in [-0.3, -0.25) is 0 Å². The summed E-state index contributed by atoms with van der Waals surface area (Å²) in [6.07, 6.45) is 8.75. The Morgan fingerprint density at radius 3 is 0.893 bits per heavy atom. The van der Waals surface area contributed by atoms with Gasteiger partial charge in [0, 0.05) is 26.2 Å². The Hall–Kier alpha value is 0.600. The van der Waals surface area contributed by atoms with Crippen LogP contribution in [0.1, 0.15) is 34.6 Å². The first-order valence-electron chi connectivity index (χ1n) is 8.00. The maximum Gasteiger partial charge on any atom is 1.00 e. The Balaban J connectivity index is -0.0000000220. The van der Waals surface area contributed by atoms with Gasteiger partial charge in [0.2, 0.25) is 0 Å². The van der Waals surface area contributed by atoms with Crippen molar-refractivity contribution >= 4 is 8.25 Å². The van der Waals surface area contributed by atoms with E-state index in [-0.39, 0.29) is 59.1 Å². The van der Waals surface area contributed by atoms with Gasteiger partial charge in [-0.1, -0.05) is 34.9 Å². The smallest absolute Gasteiger partial charge is 0.598 e. The minimum absolute atomic E-state index is 0. The standard InChI is InChI=1S/C4H13N3.5C3H6.2Na.HO3P/c5-1-3-7-4-2-6;5*1-3-2;;;1-4(2)3/h7H,1-6H2;5*3H,1H2,2H3;;;(H,1,2,3)/q;;;;;;2*+1;/p-1. The van der Waals surface area contributed by atoms with E-state index in [4.69, 9.17) is 25.8 Å². The van der Waals surface area contributed by atoms with Gasteiger partial charge in [-0.2, -0.15) is 0 Å². The van der Waals surface area contributed by atoms with Crippen LogP contribution in [-0.4, -0.2) is 26.2 Å². The molecule has 0 aliphatic carbocycles. The third-order valence-corrected chi connectivity index (χ3v) is 0.642. The quantitative estimate of drug-likeness (QED) is 0.184. The predicted octanol–water partition coefficient (Wildman–Crippen LogP) is -3.17. The zero-order valence-electron chi connectivity index (χ0n) is 19.6. The van der Waals surface area contributed by atoms with Crippen molar-refractivity contribution in [3.05, 3.63) is 63.3 Å². The summed E-state index contributed by atoms with van der Waals surface area (Å²) in [6, 6.07) is 0. The molecule has 0 radical (unpaired) electrons. The summed E-state index contributed by atoms with van der Waals surface area (Å²) in [7, 11) is -3.37. The van der Waals surface area contributed by atoms with Crippen molar-refractivity contribution < 1.29 is 73.5 Å². The second-order valence-corrected chi connectivity index (χ2v) is 4.04. The fraction of sp³-hybridized carbons (Fsp3) is 0.474.